The van der Waals surface area contributed by atoms with E-state index in [1.165, 1.54) is 32.3 Å². The molecule has 0 fully saturated rings. The largest absolute Gasteiger partial charge is 0.340 e. The molecule has 1 aliphatic rings. The Balaban J connectivity index is 2.14. The van der Waals surface area contributed by atoms with Crippen molar-refractivity contribution in [3.63, 3.8) is 0 Å². The molecule has 3 rings (SSSR count). The van der Waals surface area contributed by atoms with E-state index in [0.29, 0.717) is 0 Å². The summed E-state index contributed by atoms with van der Waals surface area (Å²) in [4.78, 5) is 5.22. The van der Waals surface area contributed by atoms with Crippen LogP contribution in [0.2, 0.25) is 0 Å². The Morgan fingerprint density at radius 3 is 1.89 bits per heavy atom. The quantitative estimate of drug-likeness (QED) is 0.726. The molecular weight excluding hydrogens is 250 g/mol. The molecule has 0 saturated heterocycles. The van der Waals surface area contributed by atoms with E-state index in [4.69, 9.17) is 0 Å². The van der Waals surface area contributed by atoms with Gasteiger partial charge in [0.1, 0.15) is 0 Å². The smallest absolute Gasteiger partial charge is 0.0553 e. The summed E-state index contributed by atoms with van der Waals surface area (Å²) in [5, 5.41) is 0. The fourth-order valence-electron chi connectivity index (χ4n) is 2.56. The first kappa shape index (κ1) is 12.6. The molecule has 0 radical (unpaired) electrons. The zero-order valence-electron chi connectivity index (χ0n) is 11.7. The molecule has 98 valence electrons. The van der Waals surface area contributed by atoms with E-state index < -0.39 is 0 Å². The molecule has 1 nitrogen and oxygen atoms in total. The number of nitrogens with zero attached hydrogens (tertiary/aromatic N) is 1. The molecule has 0 aromatic heterocycles. The van der Waals surface area contributed by atoms with Gasteiger partial charge in [0, 0.05) is 16.3 Å². The highest BCUT2D eigenvalue weighted by molar-refractivity contribution is 7.99. The standard InChI is InChI=1S/C17H19NS/c1-4-9-18-14-7-5-12(2)10-16(14)19-17-11-13(3)6-8-15(17)18/h5-8,10-11H,4,9H2,1-3H3. The van der Waals surface area contributed by atoms with Gasteiger partial charge in [0.2, 0.25) is 0 Å². The van der Waals surface area contributed by atoms with Crippen LogP contribution in [0.4, 0.5) is 11.4 Å². The first-order chi connectivity index (χ1) is 9.19. The predicted molar refractivity (Wildman–Crippen MR) is 83.8 cm³/mol. The fourth-order valence-corrected chi connectivity index (χ4v) is 3.86. The Kier molecular flexibility index (Phi) is 3.28. The van der Waals surface area contributed by atoms with E-state index in [1.54, 1.807) is 0 Å². The van der Waals surface area contributed by atoms with Gasteiger partial charge in [0.05, 0.1) is 11.4 Å². The summed E-state index contributed by atoms with van der Waals surface area (Å²) in [5.74, 6) is 0. The van der Waals surface area contributed by atoms with Crippen molar-refractivity contribution in [1.82, 2.24) is 0 Å². The van der Waals surface area contributed by atoms with Gasteiger partial charge in [-0.3, -0.25) is 0 Å². The lowest BCUT2D eigenvalue weighted by Gasteiger charge is -2.33. The van der Waals surface area contributed by atoms with Gasteiger partial charge in [-0.15, -0.1) is 0 Å². The molecule has 2 heteroatoms. The lowest BCUT2D eigenvalue weighted by Crippen LogP contribution is -2.21. The molecule has 0 amide bonds. The highest BCUT2D eigenvalue weighted by Gasteiger charge is 2.22. The van der Waals surface area contributed by atoms with Crippen LogP contribution in [0, 0.1) is 13.8 Å². The highest BCUT2D eigenvalue weighted by atomic mass is 32.2. The minimum atomic E-state index is 1.08. The van der Waals surface area contributed by atoms with E-state index >= 15 is 0 Å². The van der Waals surface area contributed by atoms with Crippen LogP contribution in [0.1, 0.15) is 24.5 Å². The van der Waals surface area contributed by atoms with Crippen molar-refractivity contribution in [3.05, 3.63) is 47.5 Å². The Labute approximate surface area is 119 Å². The SMILES string of the molecule is CCCN1c2ccc(C)cc2Sc2cc(C)ccc21. The number of fused-ring (bicyclic) bond motifs is 2. The van der Waals surface area contributed by atoms with Crippen LogP contribution in [0.3, 0.4) is 0 Å². The summed E-state index contributed by atoms with van der Waals surface area (Å²) in [6.45, 7) is 7.64. The van der Waals surface area contributed by atoms with Crippen LogP contribution in [-0.4, -0.2) is 6.54 Å². The summed E-state index contributed by atoms with van der Waals surface area (Å²) in [6.07, 6.45) is 1.16. The van der Waals surface area contributed by atoms with Gasteiger partial charge < -0.3 is 4.90 Å². The molecule has 2 aromatic rings. The van der Waals surface area contributed by atoms with Crippen molar-refractivity contribution in [2.45, 2.75) is 37.0 Å². The third-order valence-electron chi connectivity index (χ3n) is 3.48. The summed E-state index contributed by atoms with van der Waals surface area (Å²) in [5.41, 5.74) is 5.38. The average Bonchev–Trinajstić information content (AvgIpc) is 2.37. The molecule has 0 saturated carbocycles. The first-order valence-corrected chi connectivity index (χ1v) is 7.67. The second kappa shape index (κ2) is 4.93. The number of aryl methyl sites for hydroxylation is 2. The number of hydrogen-bond donors (Lipinski definition) is 0. The van der Waals surface area contributed by atoms with Crippen LogP contribution in [0.5, 0.6) is 0 Å². The normalized spacial score (nSPS) is 13.1. The fraction of sp³-hybridized carbons (Fsp3) is 0.294. The minimum absolute atomic E-state index is 1.08. The highest BCUT2D eigenvalue weighted by Crippen LogP contribution is 2.48. The second-order valence-electron chi connectivity index (χ2n) is 5.20. The molecule has 0 aliphatic carbocycles. The van der Waals surface area contributed by atoms with Crippen molar-refractivity contribution in [2.24, 2.45) is 0 Å². The summed E-state index contributed by atoms with van der Waals surface area (Å²) in [6, 6.07) is 13.5. The molecule has 0 spiro atoms. The van der Waals surface area contributed by atoms with Gasteiger partial charge in [0.25, 0.3) is 0 Å². The molecule has 1 heterocycles. The number of hydrogen-bond acceptors (Lipinski definition) is 2. The third-order valence-corrected chi connectivity index (χ3v) is 4.57. The van der Waals surface area contributed by atoms with Gasteiger partial charge in [0.15, 0.2) is 0 Å². The van der Waals surface area contributed by atoms with E-state index in [-0.39, 0.29) is 0 Å². The average molecular weight is 269 g/mol. The Morgan fingerprint density at radius 1 is 0.895 bits per heavy atom. The van der Waals surface area contributed by atoms with E-state index in [2.05, 4.69) is 62.1 Å². The Bertz CT molecular complexity index is 567. The van der Waals surface area contributed by atoms with Crippen molar-refractivity contribution in [2.75, 3.05) is 11.4 Å². The maximum absolute atomic E-state index is 2.46. The van der Waals surface area contributed by atoms with Gasteiger partial charge in [-0.05, 0) is 55.7 Å². The topological polar surface area (TPSA) is 3.24 Å². The van der Waals surface area contributed by atoms with Gasteiger partial charge >= 0.3 is 0 Å². The Hall–Kier alpha value is -1.41. The minimum Gasteiger partial charge on any atom is -0.340 e. The Morgan fingerprint density at radius 2 is 1.42 bits per heavy atom. The van der Waals surface area contributed by atoms with Crippen LogP contribution < -0.4 is 4.90 Å². The summed E-state index contributed by atoms with van der Waals surface area (Å²) < 4.78 is 0. The van der Waals surface area contributed by atoms with Gasteiger partial charge in [-0.2, -0.15) is 0 Å². The summed E-state index contributed by atoms with van der Waals surface area (Å²) >= 11 is 1.90. The van der Waals surface area contributed by atoms with E-state index in [9.17, 15) is 0 Å². The van der Waals surface area contributed by atoms with Crippen molar-refractivity contribution in [3.8, 4) is 0 Å². The third kappa shape index (κ3) is 2.25. The molecular formula is C17H19NS. The second-order valence-corrected chi connectivity index (χ2v) is 6.28. The van der Waals surface area contributed by atoms with Crippen molar-refractivity contribution < 1.29 is 0 Å². The molecule has 1 aliphatic heterocycles. The van der Waals surface area contributed by atoms with Crippen LogP contribution in [-0.2, 0) is 0 Å². The molecule has 0 atom stereocenters. The number of anilines is 2. The zero-order chi connectivity index (χ0) is 13.4. The van der Waals surface area contributed by atoms with Crippen LogP contribution in [0.15, 0.2) is 46.2 Å². The molecule has 0 bridgehead atoms. The monoisotopic (exact) mass is 269 g/mol. The van der Waals surface area contributed by atoms with E-state index in [1.807, 2.05) is 11.8 Å². The number of benzene rings is 2. The lowest BCUT2D eigenvalue weighted by molar-refractivity contribution is 0.865. The van der Waals surface area contributed by atoms with Gasteiger partial charge in [-0.25, -0.2) is 0 Å². The predicted octanol–water partition coefficient (Wildman–Crippen LogP) is 5.32. The van der Waals surface area contributed by atoms with Crippen molar-refractivity contribution >= 4 is 23.1 Å². The van der Waals surface area contributed by atoms with Crippen molar-refractivity contribution in [1.29, 1.82) is 0 Å². The maximum Gasteiger partial charge on any atom is 0.0553 e. The van der Waals surface area contributed by atoms with Gasteiger partial charge in [-0.1, -0.05) is 30.8 Å². The molecule has 0 N–H and O–H groups in total. The maximum atomic E-state index is 2.46. The van der Waals surface area contributed by atoms with E-state index in [0.717, 1.165) is 13.0 Å². The molecule has 2 aromatic carbocycles. The summed E-state index contributed by atoms with van der Waals surface area (Å²) in [7, 11) is 0. The zero-order valence-corrected chi connectivity index (χ0v) is 12.6. The van der Waals surface area contributed by atoms with Crippen LogP contribution >= 0.6 is 11.8 Å². The van der Waals surface area contributed by atoms with Crippen LogP contribution in [0.25, 0.3) is 0 Å². The first-order valence-electron chi connectivity index (χ1n) is 6.85. The lowest BCUT2D eigenvalue weighted by atomic mass is 10.1. The molecule has 0 unspecified atom stereocenters. The number of rotatable bonds is 2. The molecule has 19 heavy (non-hydrogen) atoms.